The molecule has 0 atom stereocenters. The molecule has 116 valence electrons. The van der Waals surface area contributed by atoms with E-state index >= 15 is 0 Å². The second kappa shape index (κ2) is 10.2. The fourth-order valence-electron chi connectivity index (χ4n) is 2.45. The zero-order valence-corrected chi connectivity index (χ0v) is 15.2. The summed E-state index contributed by atoms with van der Waals surface area (Å²) >= 11 is 0. The molecule has 0 nitrogen and oxygen atoms in total. The van der Waals surface area contributed by atoms with Crippen LogP contribution in [-0.4, -0.2) is 0 Å². The van der Waals surface area contributed by atoms with Crippen molar-refractivity contribution in [2.45, 2.75) is 61.8 Å². The first-order valence-corrected chi connectivity index (χ1v) is 8.31. The first-order valence-electron chi connectivity index (χ1n) is 8.31. The summed E-state index contributed by atoms with van der Waals surface area (Å²) in [6.45, 7) is 16.9. The van der Waals surface area contributed by atoms with Gasteiger partial charge in [0.15, 0.2) is 0 Å². The van der Waals surface area contributed by atoms with Crippen molar-refractivity contribution >= 4 is 16.8 Å². The van der Waals surface area contributed by atoms with Gasteiger partial charge in [-0.1, -0.05) is 71.0 Å². The molecule has 0 spiro atoms. The van der Waals surface area contributed by atoms with Crippen LogP contribution in [0.15, 0.2) is 30.3 Å². The average molecular weight is 284 g/mol. The molecule has 2 rings (SSSR count). The van der Waals surface area contributed by atoms with E-state index in [2.05, 4.69) is 64.1 Å². The third-order valence-electron chi connectivity index (χ3n) is 3.63. The lowest BCUT2D eigenvalue weighted by Crippen LogP contribution is -1.93. The van der Waals surface area contributed by atoms with Crippen molar-refractivity contribution in [3.05, 3.63) is 52.6 Å². The van der Waals surface area contributed by atoms with Crippen LogP contribution in [0.1, 0.15) is 63.3 Å². The smallest absolute Gasteiger partial charge is 0.0146 e. The molecule has 21 heavy (non-hydrogen) atoms. The zero-order valence-electron chi connectivity index (χ0n) is 15.2. The van der Waals surface area contributed by atoms with E-state index in [1.54, 1.807) is 0 Å². The van der Waals surface area contributed by atoms with E-state index in [0.717, 1.165) is 6.42 Å². The molecule has 0 aliphatic carbocycles. The van der Waals surface area contributed by atoms with Gasteiger partial charge in [-0.2, -0.15) is 0 Å². The van der Waals surface area contributed by atoms with E-state index in [1.807, 2.05) is 27.7 Å². The maximum Gasteiger partial charge on any atom is -0.0146 e. The van der Waals surface area contributed by atoms with Crippen LogP contribution in [0.2, 0.25) is 0 Å². The van der Waals surface area contributed by atoms with Crippen molar-refractivity contribution in [3.63, 3.8) is 0 Å². The second-order valence-corrected chi connectivity index (χ2v) is 4.64. The van der Waals surface area contributed by atoms with Crippen LogP contribution in [0.5, 0.6) is 0 Å². The number of allylic oxidation sites excluding steroid dienone is 1. The number of rotatable bonds is 2. The van der Waals surface area contributed by atoms with Crippen LogP contribution in [0.3, 0.4) is 0 Å². The van der Waals surface area contributed by atoms with Crippen LogP contribution >= 0.6 is 0 Å². The molecule has 0 heterocycles. The van der Waals surface area contributed by atoms with E-state index in [0.29, 0.717) is 0 Å². The van der Waals surface area contributed by atoms with Crippen LogP contribution < -0.4 is 0 Å². The molecule has 0 aliphatic rings. The minimum Gasteiger partial charge on any atom is -0.0842 e. The van der Waals surface area contributed by atoms with Gasteiger partial charge < -0.3 is 0 Å². The Kier molecular flexibility index (Phi) is 9.45. The topological polar surface area (TPSA) is 0 Å². The van der Waals surface area contributed by atoms with Gasteiger partial charge in [0.1, 0.15) is 0 Å². The fraction of sp³-hybridized carbons (Fsp3) is 0.429. The molecule has 0 fully saturated rings. The van der Waals surface area contributed by atoms with Gasteiger partial charge in [-0.05, 0) is 60.2 Å². The number of hydrogen-bond donors (Lipinski definition) is 0. The Hall–Kier alpha value is -1.56. The predicted octanol–water partition coefficient (Wildman–Crippen LogP) is 7.24. The standard InChI is InChI=1S/C17H20.2C2H6/c1-5-6-9-15-12(2)13(3)16-10-7-8-11-17(16)14(15)4;2*1-2/h6-11H,5H2,1-4H3;2*1-2H3/b9-6-;;. The van der Waals surface area contributed by atoms with Gasteiger partial charge >= 0.3 is 0 Å². The third-order valence-corrected chi connectivity index (χ3v) is 3.63. The predicted molar refractivity (Wildman–Crippen MR) is 100 cm³/mol. The first kappa shape index (κ1) is 19.4. The molecule has 0 bridgehead atoms. The van der Waals surface area contributed by atoms with Crippen molar-refractivity contribution in [3.8, 4) is 0 Å². The Morgan fingerprint density at radius 3 is 1.71 bits per heavy atom. The third kappa shape index (κ3) is 4.46. The van der Waals surface area contributed by atoms with Crippen LogP contribution in [0, 0.1) is 20.8 Å². The summed E-state index contributed by atoms with van der Waals surface area (Å²) in [4.78, 5) is 0. The largest absolute Gasteiger partial charge is 0.0842 e. The van der Waals surface area contributed by atoms with Gasteiger partial charge in [0, 0.05) is 0 Å². The lowest BCUT2D eigenvalue weighted by Gasteiger charge is -2.14. The summed E-state index contributed by atoms with van der Waals surface area (Å²) in [7, 11) is 0. The molecule has 2 aromatic carbocycles. The van der Waals surface area contributed by atoms with Crippen LogP contribution in [-0.2, 0) is 0 Å². The van der Waals surface area contributed by atoms with Gasteiger partial charge in [0.05, 0.1) is 0 Å². The summed E-state index contributed by atoms with van der Waals surface area (Å²) in [5.74, 6) is 0. The van der Waals surface area contributed by atoms with Crippen LogP contribution in [0.25, 0.3) is 16.8 Å². The van der Waals surface area contributed by atoms with Crippen molar-refractivity contribution < 1.29 is 0 Å². The lowest BCUT2D eigenvalue weighted by atomic mass is 9.91. The zero-order chi connectivity index (χ0) is 16.4. The first-order chi connectivity index (χ1) is 10.2. The molecular formula is C21H32. The minimum atomic E-state index is 1.09. The quantitative estimate of drug-likeness (QED) is 0.545. The van der Waals surface area contributed by atoms with Gasteiger partial charge in [-0.3, -0.25) is 0 Å². The monoisotopic (exact) mass is 284 g/mol. The van der Waals surface area contributed by atoms with Gasteiger partial charge in [-0.15, -0.1) is 0 Å². The Labute approximate surface area is 131 Å². The molecule has 0 amide bonds. The molecule has 0 heteroatoms. The summed E-state index contributed by atoms with van der Waals surface area (Å²) in [5.41, 5.74) is 5.60. The summed E-state index contributed by atoms with van der Waals surface area (Å²) < 4.78 is 0. The normalized spacial score (nSPS) is 9.90. The Morgan fingerprint density at radius 2 is 1.24 bits per heavy atom. The highest BCUT2D eigenvalue weighted by molar-refractivity contribution is 5.92. The number of benzene rings is 2. The van der Waals surface area contributed by atoms with E-state index in [1.165, 1.54) is 33.0 Å². The molecule has 0 unspecified atom stereocenters. The van der Waals surface area contributed by atoms with Crippen LogP contribution in [0.4, 0.5) is 0 Å². The van der Waals surface area contributed by atoms with Crippen molar-refractivity contribution in [2.75, 3.05) is 0 Å². The Morgan fingerprint density at radius 1 is 0.762 bits per heavy atom. The van der Waals surface area contributed by atoms with Crippen molar-refractivity contribution in [2.24, 2.45) is 0 Å². The highest BCUT2D eigenvalue weighted by Crippen LogP contribution is 2.30. The van der Waals surface area contributed by atoms with Gasteiger partial charge in [0.25, 0.3) is 0 Å². The average Bonchev–Trinajstić information content (AvgIpc) is 2.56. The van der Waals surface area contributed by atoms with E-state index in [9.17, 15) is 0 Å². The molecular weight excluding hydrogens is 252 g/mol. The van der Waals surface area contributed by atoms with E-state index < -0.39 is 0 Å². The highest BCUT2D eigenvalue weighted by atomic mass is 14.1. The van der Waals surface area contributed by atoms with Gasteiger partial charge in [-0.25, -0.2) is 0 Å². The SMILES string of the molecule is CC.CC.CC/C=C\c1c(C)c(C)c2ccccc2c1C. The number of aryl methyl sites for hydroxylation is 2. The minimum absolute atomic E-state index is 1.09. The molecule has 0 aliphatic heterocycles. The molecule has 0 saturated carbocycles. The van der Waals surface area contributed by atoms with Crippen molar-refractivity contribution in [1.82, 2.24) is 0 Å². The van der Waals surface area contributed by atoms with E-state index in [-0.39, 0.29) is 0 Å². The highest BCUT2D eigenvalue weighted by Gasteiger charge is 2.08. The molecule has 0 radical (unpaired) electrons. The molecule has 0 N–H and O–H groups in total. The Balaban J connectivity index is 0.000000921. The maximum absolute atomic E-state index is 2.27. The second-order valence-electron chi connectivity index (χ2n) is 4.64. The molecule has 0 saturated heterocycles. The van der Waals surface area contributed by atoms with E-state index in [4.69, 9.17) is 0 Å². The van der Waals surface area contributed by atoms with Gasteiger partial charge in [0.2, 0.25) is 0 Å². The number of hydrogen-bond acceptors (Lipinski definition) is 0. The summed E-state index contributed by atoms with van der Waals surface area (Å²) in [6, 6.07) is 8.69. The summed E-state index contributed by atoms with van der Waals surface area (Å²) in [5, 5.41) is 2.77. The maximum atomic E-state index is 2.27. The number of fused-ring (bicyclic) bond motifs is 1. The lowest BCUT2D eigenvalue weighted by molar-refractivity contribution is 1.23. The fourth-order valence-corrected chi connectivity index (χ4v) is 2.45. The van der Waals surface area contributed by atoms with Crippen molar-refractivity contribution in [1.29, 1.82) is 0 Å². The summed E-state index contributed by atoms with van der Waals surface area (Å²) in [6.07, 6.45) is 5.60. The molecule has 0 aromatic heterocycles. The molecule has 2 aromatic rings. The Bertz CT molecular complexity index is 574.